The summed E-state index contributed by atoms with van der Waals surface area (Å²) in [4.78, 5) is 30.4. The quantitative estimate of drug-likeness (QED) is 0.565. The zero-order valence-corrected chi connectivity index (χ0v) is 17.1. The minimum atomic E-state index is -0.527. The fourth-order valence-electron chi connectivity index (χ4n) is 3.78. The first-order valence-corrected chi connectivity index (χ1v) is 9.86. The second-order valence-corrected chi connectivity index (χ2v) is 7.55. The summed E-state index contributed by atoms with van der Waals surface area (Å²) in [5.74, 6) is 0.517. The molecule has 6 nitrogen and oxygen atoms in total. The van der Waals surface area contributed by atoms with Crippen LogP contribution in [0.3, 0.4) is 0 Å². The number of fused-ring (bicyclic) bond motifs is 2. The third kappa shape index (κ3) is 3.50. The van der Waals surface area contributed by atoms with E-state index in [-0.39, 0.29) is 17.1 Å². The predicted octanol–water partition coefficient (Wildman–Crippen LogP) is 3.46. The molecule has 1 aliphatic heterocycles. The van der Waals surface area contributed by atoms with Crippen molar-refractivity contribution in [2.24, 2.45) is 0 Å². The zero-order chi connectivity index (χ0) is 21.3. The van der Waals surface area contributed by atoms with Crippen molar-refractivity contribution in [1.82, 2.24) is 9.80 Å². The molecule has 2 aromatic carbocycles. The van der Waals surface area contributed by atoms with E-state index in [1.165, 1.54) is 0 Å². The molecule has 2 heterocycles. The maximum absolute atomic E-state index is 13.4. The van der Waals surface area contributed by atoms with Gasteiger partial charge in [0.1, 0.15) is 17.9 Å². The van der Waals surface area contributed by atoms with Gasteiger partial charge in [0, 0.05) is 13.1 Å². The third-order valence-electron chi connectivity index (χ3n) is 5.20. The van der Waals surface area contributed by atoms with Crippen LogP contribution in [-0.2, 0) is 0 Å². The van der Waals surface area contributed by atoms with Crippen LogP contribution in [0.15, 0.2) is 70.4 Å². The lowest BCUT2D eigenvalue weighted by Gasteiger charge is -2.26. The predicted molar refractivity (Wildman–Crippen MR) is 116 cm³/mol. The molecule has 3 aromatic rings. The number of hydrogen-bond donors (Lipinski definition) is 0. The first-order valence-electron chi connectivity index (χ1n) is 9.86. The Bertz CT molecular complexity index is 1170. The fraction of sp³-hybridized carbons (Fsp3) is 0.250. The lowest BCUT2D eigenvalue weighted by molar-refractivity contribution is 0.0716. The van der Waals surface area contributed by atoms with Crippen molar-refractivity contribution in [3.05, 3.63) is 88.3 Å². The summed E-state index contributed by atoms with van der Waals surface area (Å²) in [6.45, 7) is 5.18. The highest BCUT2D eigenvalue weighted by Crippen LogP contribution is 2.38. The summed E-state index contributed by atoms with van der Waals surface area (Å²) in [6, 6.07) is 14.0. The Morgan fingerprint density at radius 2 is 1.97 bits per heavy atom. The van der Waals surface area contributed by atoms with E-state index in [9.17, 15) is 9.59 Å². The van der Waals surface area contributed by atoms with Crippen LogP contribution in [0.5, 0.6) is 5.75 Å². The number of nitrogens with zero attached hydrogens (tertiary/aromatic N) is 2. The summed E-state index contributed by atoms with van der Waals surface area (Å²) in [5, 5.41) is 0.475. The van der Waals surface area contributed by atoms with Gasteiger partial charge in [-0.25, -0.2) is 0 Å². The third-order valence-corrected chi connectivity index (χ3v) is 5.20. The van der Waals surface area contributed by atoms with Crippen molar-refractivity contribution in [2.75, 3.05) is 33.8 Å². The molecule has 0 radical (unpaired) electrons. The number of carbonyl (C=O) groups excluding carboxylic acids is 1. The number of amides is 1. The van der Waals surface area contributed by atoms with Crippen LogP contribution in [-0.4, -0.2) is 49.5 Å². The normalized spacial score (nSPS) is 15.6. The van der Waals surface area contributed by atoms with Gasteiger partial charge >= 0.3 is 0 Å². The highest BCUT2D eigenvalue weighted by Gasteiger charge is 2.42. The van der Waals surface area contributed by atoms with Crippen LogP contribution in [0.25, 0.3) is 11.0 Å². The van der Waals surface area contributed by atoms with E-state index in [2.05, 4.69) is 6.58 Å². The van der Waals surface area contributed by atoms with Crippen molar-refractivity contribution in [3.63, 3.8) is 0 Å². The molecule has 1 aliphatic rings. The van der Waals surface area contributed by atoms with Crippen LogP contribution in [0.4, 0.5) is 0 Å². The van der Waals surface area contributed by atoms with Gasteiger partial charge in [-0.15, -0.1) is 0 Å². The SMILES string of the molecule is C=CCOc1cccc(C2c3c(oc4ccccc4c3=O)C(=O)N2CCN(C)C)c1. The number of likely N-dealkylation sites (N-methyl/N-ethyl adjacent to an activating group) is 1. The Hall–Kier alpha value is -3.38. The number of benzene rings is 2. The Balaban J connectivity index is 1.88. The van der Waals surface area contributed by atoms with Crippen LogP contribution >= 0.6 is 0 Å². The Morgan fingerprint density at radius 3 is 2.73 bits per heavy atom. The Kier molecular flexibility index (Phi) is 5.42. The van der Waals surface area contributed by atoms with E-state index in [4.69, 9.17) is 9.15 Å². The molecule has 0 saturated heterocycles. The highest BCUT2D eigenvalue weighted by atomic mass is 16.5. The van der Waals surface area contributed by atoms with Crippen molar-refractivity contribution in [2.45, 2.75) is 6.04 Å². The number of carbonyl (C=O) groups is 1. The molecule has 0 spiro atoms. The molecule has 6 heteroatoms. The first kappa shape index (κ1) is 19.9. The van der Waals surface area contributed by atoms with E-state index >= 15 is 0 Å². The summed E-state index contributed by atoms with van der Waals surface area (Å²) in [7, 11) is 3.90. The summed E-state index contributed by atoms with van der Waals surface area (Å²) >= 11 is 0. The van der Waals surface area contributed by atoms with Crippen molar-refractivity contribution in [3.8, 4) is 5.75 Å². The monoisotopic (exact) mass is 404 g/mol. The van der Waals surface area contributed by atoms with Gasteiger partial charge in [0.05, 0.1) is 17.0 Å². The minimum absolute atomic E-state index is 0.125. The van der Waals surface area contributed by atoms with Crippen LogP contribution in [0.2, 0.25) is 0 Å². The van der Waals surface area contributed by atoms with Crippen LogP contribution in [0, 0.1) is 0 Å². The fourth-order valence-corrected chi connectivity index (χ4v) is 3.78. The van der Waals surface area contributed by atoms with Gasteiger partial charge < -0.3 is 19.0 Å². The molecular weight excluding hydrogens is 380 g/mol. The molecule has 30 heavy (non-hydrogen) atoms. The molecular formula is C24H24N2O4. The van der Waals surface area contributed by atoms with Gasteiger partial charge in [-0.1, -0.05) is 36.9 Å². The van der Waals surface area contributed by atoms with Crippen LogP contribution in [0.1, 0.15) is 27.7 Å². The van der Waals surface area contributed by atoms with E-state index in [0.29, 0.717) is 42.0 Å². The lowest BCUT2D eigenvalue weighted by atomic mass is 9.98. The number of para-hydroxylation sites is 1. The maximum atomic E-state index is 13.4. The standard InChI is InChI=1S/C24H24N2O4/c1-4-14-29-17-9-7-8-16(15-17)21-20-22(27)18-10-5-6-11-19(18)30-23(20)24(28)26(21)13-12-25(2)3/h4-11,15,21H,1,12-14H2,2-3H3. The van der Waals surface area contributed by atoms with E-state index < -0.39 is 6.04 Å². The van der Waals surface area contributed by atoms with Gasteiger partial charge in [-0.3, -0.25) is 9.59 Å². The lowest BCUT2D eigenvalue weighted by Crippen LogP contribution is -2.35. The zero-order valence-electron chi connectivity index (χ0n) is 17.1. The van der Waals surface area contributed by atoms with E-state index in [0.717, 1.165) is 5.56 Å². The summed E-state index contributed by atoms with van der Waals surface area (Å²) in [6.07, 6.45) is 1.67. The minimum Gasteiger partial charge on any atom is -0.490 e. The van der Waals surface area contributed by atoms with Crippen molar-refractivity contribution < 1.29 is 13.9 Å². The molecule has 4 rings (SSSR count). The largest absolute Gasteiger partial charge is 0.490 e. The first-order chi connectivity index (χ1) is 14.5. The highest BCUT2D eigenvalue weighted by molar-refractivity contribution is 5.99. The van der Waals surface area contributed by atoms with E-state index in [1.807, 2.05) is 43.3 Å². The van der Waals surface area contributed by atoms with Gasteiger partial charge in [-0.05, 0) is 43.9 Å². The van der Waals surface area contributed by atoms with Gasteiger partial charge in [0.2, 0.25) is 5.76 Å². The maximum Gasteiger partial charge on any atom is 0.290 e. The Morgan fingerprint density at radius 1 is 1.17 bits per heavy atom. The molecule has 0 fully saturated rings. The number of rotatable bonds is 7. The topological polar surface area (TPSA) is 63.0 Å². The molecule has 0 saturated carbocycles. The smallest absolute Gasteiger partial charge is 0.290 e. The molecule has 0 N–H and O–H groups in total. The van der Waals surface area contributed by atoms with Gasteiger partial charge in [-0.2, -0.15) is 0 Å². The second kappa shape index (κ2) is 8.16. The molecule has 1 amide bonds. The van der Waals surface area contributed by atoms with Gasteiger partial charge in [0.15, 0.2) is 5.43 Å². The average molecular weight is 404 g/mol. The van der Waals surface area contributed by atoms with Crippen molar-refractivity contribution in [1.29, 1.82) is 0 Å². The molecule has 0 bridgehead atoms. The number of ether oxygens (including phenoxy) is 1. The molecule has 0 aliphatic carbocycles. The number of hydrogen-bond acceptors (Lipinski definition) is 5. The second-order valence-electron chi connectivity index (χ2n) is 7.55. The van der Waals surface area contributed by atoms with Crippen molar-refractivity contribution >= 4 is 16.9 Å². The van der Waals surface area contributed by atoms with E-state index in [1.54, 1.807) is 35.2 Å². The average Bonchev–Trinajstić information content (AvgIpc) is 3.03. The molecule has 1 atom stereocenters. The van der Waals surface area contributed by atoms with Crippen LogP contribution < -0.4 is 10.2 Å². The molecule has 154 valence electrons. The summed E-state index contributed by atoms with van der Waals surface area (Å²) < 4.78 is 11.6. The molecule has 1 unspecified atom stereocenters. The van der Waals surface area contributed by atoms with Gasteiger partial charge in [0.25, 0.3) is 5.91 Å². The Labute approximate surface area is 175 Å². The summed E-state index contributed by atoms with van der Waals surface area (Å²) in [5.41, 5.74) is 1.45. The molecule has 1 aromatic heterocycles.